The van der Waals surface area contributed by atoms with Gasteiger partial charge in [0.05, 0.1) is 6.42 Å². The van der Waals surface area contributed by atoms with Gasteiger partial charge in [-0.15, -0.1) is 0 Å². The molecule has 0 heterocycles. The number of ether oxygens (including phenoxy) is 1. The van der Waals surface area contributed by atoms with Crippen molar-refractivity contribution < 1.29 is 19.4 Å². The molecule has 0 fully saturated rings. The number of hydrogen-bond donors (Lipinski definition) is 3. The molecule has 0 aromatic rings. The van der Waals surface area contributed by atoms with Gasteiger partial charge < -0.3 is 20.9 Å². The first kappa shape index (κ1) is 15.7. The number of hydrogen-bond acceptors (Lipinski definition) is 4. The Labute approximate surface area is 102 Å². The molecule has 0 aliphatic heterocycles. The standard InChI is InChI=1S/C11H22N2O4/c1-4-5-8(6-9(14)15)13-10(16)17-11(2,3)7-12/h8H,4-7,12H2,1-3H3,(H,13,16)(H,14,15). The van der Waals surface area contributed by atoms with Gasteiger partial charge in [0, 0.05) is 12.6 Å². The number of carboxylic acids is 1. The van der Waals surface area contributed by atoms with E-state index in [0.717, 1.165) is 6.42 Å². The second-order valence-corrected chi connectivity index (χ2v) is 4.58. The van der Waals surface area contributed by atoms with Gasteiger partial charge in [0.2, 0.25) is 0 Å². The number of aliphatic carboxylic acids is 1. The van der Waals surface area contributed by atoms with E-state index in [1.165, 1.54) is 0 Å². The summed E-state index contributed by atoms with van der Waals surface area (Å²) in [4.78, 5) is 22.1. The Hall–Kier alpha value is -1.30. The van der Waals surface area contributed by atoms with Crippen LogP contribution in [0, 0.1) is 0 Å². The molecule has 0 saturated carbocycles. The number of amides is 1. The Morgan fingerprint density at radius 2 is 2.06 bits per heavy atom. The Bertz CT molecular complexity index is 266. The van der Waals surface area contributed by atoms with Crippen molar-refractivity contribution in [3.8, 4) is 0 Å². The molecule has 1 amide bonds. The van der Waals surface area contributed by atoms with Crippen LogP contribution < -0.4 is 11.1 Å². The summed E-state index contributed by atoms with van der Waals surface area (Å²) in [6.45, 7) is 5.51. The van der Waals surface area contributed by atoms with Gasteiger partial charge in [-0.1, -0.05) is 13.3 Å². The Morgan fingerprint density at radius 3 is 2.47 bits per heavy atom. The molecule has 0 aliphatic rings. The number of nitrogens with one attached hydrogen (secondary N) is 1. The third kappa shape index (κ3) is 7.57. The fraction of sp³-hybridized carbons (Fsp3) is 0.818. The molecule has 1 unspecified atom stereocenters. The summed E-state index contributed by atoms with van der Waals surface area (Å²) in [5, 5.41) is 11.2. The predicted molar refractivity (Wildman–Crippen MR) is 63.7 cm³/mol. The lowest BCUT2D eigenvalue weighted by atomic mass is 10.1. The number of carboxylic acid groups (broad SMARTS) is 1. The average Bonchev–Trinajstić information content (AvgIpc) is 2.16. The zero-order valence-corrected chi connectivity index (χ0v) is 10.7. The fourth-order valence-electron chi connectivity index (χ4n) is 1.27. The van der Waals surface area contributed by atoms with Crippen LogP contribution in [0.25, 0.3) is 0 Å². The predicted octanol–water partition coefficient (Wildman–Crippen LogP) is 1.09. The quantitative estimate of drug-likeness (QED) is 0.624. The van der Waals surface area contributed by atoms with Gasteiger partial charge in [-0.3, -0.25) is 4.79 Å². The van der Waals surface area contributed by atoms with Crippen molar-refractivity contribution in [2.75, 3.05) is 6.54 Å². The van der Waals surface area contributed by atoms with Gasteiger partial charge in [0.1, 0.15) is 5.60 Å². The highest BCUT2D eigenvalue weighted by molar-refractivity contribution is 5.71. The van der Waals surface area contributed by atoms with Crippen LogP contribution >= 0.6 is 0 Å². The molecule has 0 rings (SSSR count). The van der Waals surface area contributed by atoms with Crippen LogP contribution in [0.3, 0.4) is 0 Å². The van der Waals surface area contributed by atoms with Crippen molar-refractivity contribution >= 4 is 12.1 Å². The summed E-state index contributed by atoms with van der Waals surface area (Å²) in [5.41, 5.74) is 4.68. The van der Waals surface area contributed by atoms with Crippen LogP contribution in [0.4, 0.5) is 4.79 Å². The second kappa shape index (κ2) is 7.11. The molecule has 0 spiro atoms. The summed E-state index contributed by atoms with van der Waals surface area (Å²) in [7, 11) is 0. The Kier molecular flexibility index (Phi) is 6.57. The van der Waals surface area contributed by atoms with E-state index >= 15 is 0 Å². The number of alkyl carbamates (subject to hydrolysis) is 1. The van der Waals surface area contributed by atoms with E-state index < -0.39 is 23.7 Å². The molecule has 4 N–H and O–H groups in total. The lowest BCUT2D eigenvalue weighted by Crippen LogP contribution is -2.43. The fourth-order valence-corrected chi connectivity index (χ4v) is 1.27. The summed E-state index contributed by atoms with van der Waals surface area (Å²) < 4.78 is 5.08. The van der Waals surface area contributed by atoms with E-state index in [2.05, 4.69) is 5.32 Å². The van der Waals surface area contributed by atoms with Gasteiger partial charge in [0.25, 0.3) is 0 Å². The molecule has 17 heavy (non-hydrogen) atoms. The van der Waals surface area contributed by atoms with Gasteiger partial charge >= 0.3 is 12.1 Å². The SMILES string of the molecule is CCCC(CC(=O)O)NC(=O)OC(C)(C)CN. The largest absolute Gasteiger partial charge is 0.481 e. The third-order valence-electron chi connectivity index (χ3n) is 2.24. The summed E-state index contributed by atoms with van der Waals surface area (Å²) in [6, 6.07) is -0.404. The molecular formula is C11H22N2O4. The molecule has 0 aliphatic carbocycles. The lowest BCUT2D eigenvalue weighted by Gasteiger charge is -2.25. The maximum absolute atomic E-state index is 11.5. The third-order valence-corrected chi connectivity index (χ3v) is 2.24. The summed E-state index contributed by atoms with van der Waals surface area (Å²) in [6.07, 6.45) is 0.662. The molecule has 0 radical (unpaired) electrons. The molecule has 1 atom stereocenters. The maximum Gasteiger partial charge on any atom is 0.407 e. The summed E-state index contributed by atoms with van der Waals surface area (Å²) >= 11 is 0. The van der Waals surface area contributed by atoms with E-state index in [4.69, 9.17) is 15.6 Å². The average molecular weight is 246 g/mol. The number of carbonyl (C=O) groups excluding carboxylic acids is 1. The highest BCUT2D eigenvalue weighted by Gasteiger charge is 2.23. The van der Waals surface area contributed by atoms with E-state index in [1.807, 2.05) is 6.92 Å². The first-order valence-corrected chi connectivity index (χ1v) is 5.72. The van der Waals surface area contributed by atoms with Crippen molar-refractivity contribution in [1.82, 2.24) is 5.32 Å². The highest BCUT2D eigenvalue weighted by atomic mass is 16.6. The molecule has 0 aromatic carbocycles. The maximum atomic E-state index is 11.5. The van der Waals surface area contributed by atoms with Gasteiger partial charge in [-0.25, -0.2) is 4.79 Å². The zero-order valence-electron chi connectivity index (χ0n) is 10.7. The molecule has 0 saturated heterocycles. The van der Waals surface area contributed by atoms with E-state index in [-0.39, 0.29) is 13.0 Å². The second-order valence-electron chi connectivity index (χ2n) is 4.58. The van der Waals surface area contributed by atoms with Crippen LogP contribution in [0.5, 0.6) is 0 Å². The van der Waals surface area contributed by atoms with Crippen molar-refractivity contribution in [3.05, 3.63) is 0 Å². The van der Waals surface area contributed by atoms with Crippen molar-refractivity contribution in [3.63, 3.8) is 0 Å². The zero-order chi connectivity index (χ0) is 13.5. The van der Waals surface area contributed by atoms with Gasteiger partial charge in [0.15, 0.2) is 0 Å². The van der Waals surface area contributed by atoms with Crippen molar-refractivity contribution in [2.45, 2.75) is 51.7 Å². The first-order valence-electron chi connectivity index (χ1n) is 5.72. The minimum Gasteiger partial charge on any atom is -0.481 e. The van der Waals surface area contributed by atoms with E-state index in [1.54, 1.807) is 13.8 Å². The minimum absolute atomic E-state index is 0.105. The van der Waals surface area contributed by atoms with Crippen LogP contribution in [-0.2, 0) is 9.53 Å². The smallest absolute Gasteiger partial charge is 0.407 e. The Morgan fingerprint density at radius 1 is 1.47 bits per heavy atom. The van der Waals surface area contributed by atoms with Crippen LogP contribution in [0.15, 0.2) is 0 Å². The number of carbonyl (C=O) groups is 2. The normalized spacial score (nSPS) is 12.9. The molecule has 0 aromatic heterocycles. The molecular weight excluding hydrogens is 224 g/mol. The number of rotatable bonds is 7. The van der Waals surface area contributed by atoms with Gasteiger partial charge in [-0.2, -0.15) is 0 Å². The van der Waals surface area contributed by atoms with Crippen molar-refractivity contribution in [2.24, 2.45) is 5.73 Å². The Balaban J connectivity index is 4.25. The first-order chi connectivity index (χ1) is 7.80. The van der Waals surface area contributed by atoms with E-state index in [9.17, 15) is 9.59 Å². The molecule has 6 heteroatoms. The van der Waals surface area contributed by atoms with Crippen LogP contribution in [0.2, 0.25) is 0 Å². The highest BCUT2D eigenvalue weighted by Crippen LogP contribution is 2.08. The van der Waals surface area contributed by atoms with E-state index in [0.29, 0.717) is 6.42 Å². The van der Waals surface area contributed by atoms with Gasteiger partial charge in [-0.05, 0) is 20.3 Å². The van der Waals surface area contributed by atoms with Crippen molar-refractivity contribution in [1.29, 1.82) is 0 Å². The van der Waals surface area contributed by atoms with Crippen LogP contribution in [-0.4, -0.2) is 35.4 Å². The van der Waals surface area contributed by atoms with Crippen LogP contribution in [0.1, 0.15) is 40.0 Å². The molecule has 100 valence electrons. The lowest BCUT2D eigenvalue weighted by molar-refractivity contribution is -0.137. The minimum atomic E-state index is -0.943. The number of nitrogens with two attached hydrogens (primary N) is 1. The summed E-state index contributed by atoms with van der Waals surface area (Å²) in [5.74, 6) is -0.943. The molecule has 0 bridgehead atoms. The monoisotopic (exact) mass is 246 g/mol. The molecule has 6 nitrogen and oxygen atoms in total. The topological polar surface area (TPSA) is 102 Å².